The molecule has 26 heavy (non-hydrogen) atoms. The minimum absolute atomic E-state index is 0.572. The number of hydrogen-bond acceptors (Lipinski definition) is 4. The molecule has 0 bridgehead atoms. The summed E-state index contributed by atoms with van der Waals surface area (Å²) in [4.78, 5) is 8.34. The number of pyridine rings is 1. The highest BCUT2D eigenvalue weighted by molar-refractivity contribution is 7.80. The number of benzene rings is 1. The maximum Gasteiger partial charge on any atom is 0.169 e. The quantitative estimate of drug-likeness (QED) is 0.776. The molecule has 0 aliphatic carbocycles. The van der Waals surface area contributed by atoms with E-state index in [1.165, 1.54) is 0 Å². The highest BCUT2D eigenvalue weighted by Gasteiger charge is 2.22. The number of ether oxygens (including phenoxy) is 1. The van der Waals surface area contributed by atoms with Gasteiger partial charge in [0.2, 0.25) is 0 Å². The third-order valence-corrected chi connectivity index (χ3v) is 5.29. The second-order valence-corrected chi connectivity index (χ2v) is 7.10. The first kappa shape index (κ1) is 19.0. The molecule has 1 N–H and O–H groups in total. The SMILES string of the molecule is COc1ccccc1CNC(=S)N1CCN(c2c(Cl)cncc2Cl)CC1. The van der Waals surface area contributed by atoms with Crippen LogP contribution in [-0.4, -0.2) is 48.3 Å². The third kappa shape index (κ3) is 4.31. The van der Waals surface area contributed by atoms with Crippen molar-refractivity contribution in [2.24, 2.45) is 0 Å². The topological polar surface area (TPSA) is 40.6 Å². The fourth-order valence-electron chi connectivity index (χ4n) is 2.97. The van der Waals surface area contributed by atoms with Crippen LogP contribution in [0.4, 0.5) is 5.69 Å². The lowest BCUT2D eigenvalue weighted by Crippen LogP contribution is -2.51. The van der Waals surface area contributed by atoms with E-state index in [1.807, 2.05) is 24.3 Å². The van der Waals surface area contributed by atoms with Crippen LogP contribution in [0.2, 0.25) is 10.0 Å². The largest absolute Gasteiger partial charge is 0.496 e. The van der Waals surface area contributed by atoms with Crippen molar-refractivity contribution in [3.05, 3.63) is 52.3 Å². The van der Waals surface area contributed by atoms with E-state index >= 15 is 0 Å². The molecule has 1 saturated heterocycles. The molecular formula is C18H20Cl2N4OS. The number of thiocarbonyl (C=S) groups is 1. The van der Waals surface area contributed by atoms with Gasteiger partial charge in [0, 0.05) is 50.7 Å². The van der Waals surface area contributed by atoms with Crippen molar-refractivity contribution < 1.29 is 4.74 Å². The first-order chi connectivity index (χ1) is 12.6. The van der Waals surface area contributed by atoms with Crippen molar-refractivity contribution in [1.29, 1.82) is 0 Å². The summed E-state index contributed by atoms with van der Waals surface area (Å²) in [7, 11) is 1.67. The molecule has 1 aromatic heterocycles. The summed E-state index contributed by atoms with van der Waals surface area (Å²) in [6, 6.07) is 7.92. The molecule has 0 spiro atoms. The molecule has 5 nitrogen and oxygen atoms in total. The molecular weight excluding hydrogens is 391 g/mol. The van der Waals surface area contributed by atoms with Crippen molar-refractivity contribution in [2.75, 3.05) is 38.2 Å². The maximum atomic E-state index is 6.26. The molecule has 1 aliphatic rings. The van der Waals surface area contributed by atoms with Gasteiger partial charge in [0.05, 0.1) is 22.8 Å². The fraction of sp³-hybridized carbons (Fsp3) is 0.333. The molecule has 0 unspecified atom stereocenters. The molecule has 0 radical (unpaired) electrons. The van der Waals surface area contributed by atoms with Gasteiger partial charge < -0.3 is 19.9 Å². The summed E-state index contributed by atoms with van der Waals surface area (Å²) >= 11 is 18.1. The Morgan fingerprint density at radius 1 is 1.15 bits per heavy atom. The van der Waals surface area contributed by atoms with Crippen LogP contribution >= 0.6 is 35.4 Å². The number of hydrogen-bond donors (Lipinski definition) is 1. The molecule has 1 fully saturated rings. The van der Waals surface area contributed by atoms with Crippen molar-refractivity contribution in [3.63, 3.8) is 0 Å². The number of aromatic nitrogens is 1. The van der Waals surface area contributed by atoms with Gasteiger partial charge in [0.1, 0.15) is 5.75 Å². The summed E-state index contributed by atoms with van der Waals surface area (Å²) < 4.78 is 5.37. The number of para-hydroxylation sites is 1. The Balaban J connectivity index is 1.55. The Kier molecular flexibility index (Phi) is 6.40. The van der Waals surface area contributed by atoms with Crippen LogP contribution < -0.4 is 15.0 Å². The summed E-state index contributed by atoms with van der Waals surface area (Å²) in [6.07, 6.45) is 3.24. The number of piperazine rings is 1. The van der Waals surface area contributed by atoms with E-state index in [1.54, 1.807) is 19.5 Å². The van der Waals surface area contributed by atoms with E-state index in [2.05, 4.69) is 20.1 Å². The van der Waals surface area contributed by atoms with Gasteiger partial charge in [-0.25, -0.2) is 0 Å². The van der Waals surface area contributed by atoms with Gasteiger partial charge in [-0.15, -0.1) is 0 Å². The number of nitrogens with zero attached hydrogens (tertiary/aromatic N) is 3. The van der Waals surface area contributed by atoms with Crippen molar-refractivity contribution in [3.8, 4) is 5.75 Å². The van der Waals surface area contributed by atoms with Gasteiger partial charge in [-0.05, 0) is 18.3 Å². The van der Waals surface area contributed by atoms with Crippen LogP contribution in [0, 0.1) is 0 Å². The Hall–Kier alpha value is -1.76. The van der Waals surface area contributed by atoms with Gasteiger partial charge in [-0.1, -0.05) is 41.4 Å². The molecule has 1 aliphatic heterocycles. The lowest BCUT2D eigenvalue weighted by atomic mass is 10.2. The van der Waals surface area contributed by atoms with E-state index in [4.69, 9.17) is 40.2 Å². The van der Waals surface area contributed by atoms with Gasteiger partial charge in [-0.3, -0.25) is 4.98 Å². The van der Waals surface area contributed by atoms with Crippen molar-refractivity contribution >= 4 is 46.2 Å². The minimum Gasteiger partial charge on any atom is -0.496 e. The predicted molar refractivity (Wildman–Crippen MR) is 110 cm³/mol. The Morgan fingerprint density at radius 2 is 1.81 bits per heavy atom. The second-order valence-electron chi connectivity index (χ2n) is 5.90. The fourth-order valence-corrected chi connectivity index (χ4v) is 3.83. The second kappa shape index (κ2) is 8.75. The highest BCUT2D eigenvalue weighted by atomic mass is 35.5. The molecule has 138 valence electrons. The number of halogens is 2. The third-order valence-electron chi connectivity index (χ3n) is 4.33. The predicted octanol–water partition coefficient (Wildman–Crippen LogP) is 3.59. The first-order valence-electron chi connectivity index (χ1n) is 8.28. The number of methoxy groups -OCH3 is 1. The van der Waals surface area contributed by atoms with Crippen LogP contribution in [-0.2, 0) is 6.54 Å². The lowest BCUT2D eigenvalue weighted by molar-refractivity contribution is 0.378. The van der Waals surface area contributed by atoms with Crippen molar-refractivity contribution in [2.45, 2.75) is 6.54 Å². The average molecular weight is 411 g/mol. The Bertz CT molecular complexity index is 761. The van der Waals surface area contributed by atoms with Gasteiger partial charge in [0.25, 0.3) is 0 Å². The zero-order valence-corrected chi connectivity index (χ0v) is 16.7. The van der Waals surface area contributed by atoms with Gasteiger partial charge in [0.15, 0.2) is 5.11 Å². The Morgan fingerprint density at radius 3 is 2.46 bits per heavy atom. The number of nitrogens with one attached hydrogen (secondary N) is 1. The molecule has 3 rings (SSSR count). The lowest BCUT2D eigenvalue weighted by Gasteiger charge is -2.38. The minimum atomic E-state index is 0.572. The van der Waals surface area contributed by atoms with Crippen LogP contribution in [0.1, 0.15) is 5.56 Å². The van der Waals surface area contributed by atoms with Gasteiger partial charge in [-0.2, -0.15) is 0 Å². The Labute approximate surface area is 168 Å². The normalized spacial score (nSPS) is 14.3. The molecule has 1 aromatic carbocycles. The molecule has 0 saturated carbocycles. The zero-order chi connectivity index (χ0) is 18.5. The van der Waals surface area contributed by atoms with Gasteiger partial charge >= 0.3 is 0 Å². The molecule has 8 heteroatoms. The number of anilines is 1. The van der Waals surface area contributed by atoms with E-state index in [9.17, 15) is 0 Å². The zero-order valence-electron chi connectivity index (χ0n) is 14.4. The molecule has 0 amide bonds. The van der Waals surface area contributed by atoms with E-state index in [-0.39, 0.29) is 0 Å². The first-order valence-corrected chi connectivity index (χ1v) is 9.45. The van der Waals surface area contributed by atoms with Crippen LogP contribution in [0.3, 0.4) is 0 Å². The van der Waals surface area contributed by atoms with Crippen LogP contribution in [0.5, 0.6) is 5.75 Å². The van der Waals surface area contributed by atoms with Crippen LogP contribution in [0.15, 0.2) is 36.7 Å². The van der Waals surface area contributed by atoms with E-state index in [0.717, 1.165) is 48.3 Å². The standard InChI is InChI=1S/C18H20Cl2N4OS/c1-25-16-5-3-2-4-13(16)10-22-18(26)24-8-6-23(7-9-24)17-14(19)11-21-12-15(17)20/h2-5,11-12H,6-10H2,1H3,(H,22,26). The summed E-state index contributed by atoms with van der Waals surface area (Å²) in [5, 5.41) is 5.20. The monoisotopic (exact) mass is 410 g/mol. The average Bonchev–Trinajstić information content (AvgIpc) is 2.66. The summed E-state index contributed by atoms with van der Waals surface area (Å²) in [6.45, 7) is 3.81. The smallest absolute Gasteiger partial charge is 0.169 e. The molecule has 2 heterocycles. The summed E-state index contributed by atoms with van der Waals surface area (Å²) in [5.41, 5.74) is 1.92. The molecule has 2 aromatic rings. The van der Waals surface area contributed by atoms with Crippen molar-refractivity contribution in [1.82, 2.24) is 15.2 Å². The highest BCUT2D eigenvalue weighted by Crippen LogP contribution is 2.33. The molecule has 0 atom stereocenters. The number of rotatable bonds is 4. The van der Waals surface area contributed by atoms with E-state index in [0.29, 0.717) is 16.6 Å². The van der Waals surface area contributed by atoms with Crippen LogP contribution in [0.25, 0.3) is 0 Å². The van der Waals surface area contributed by atoms with E-state index < -0.39 is 0 Å². The summed E-state index contributed by atoms with van der Waals surface area (Å²) in [5.74, 6) is 0.856. The maximum absolute atomic E-state index is 6.26.